The van der Waals surface area contributed by atoms with E-state index >= 15 is 0 Å². The van der Waals surface area contributed by atoms with Crippen LogP contribution in [-0.4, -0.2) is 53.6 Å². The van der Waals surface area contributed by atoms with Gasteiger partial charge in [0.05, 0.1) is 0 Å². The van der Waals surface area contributed by atoms with Crippen molar-refractivity contribution in [2.75, 3.05) is 37.6 Å². The van der Waals surface area contributed by atoms with Crippen molar-refractivity contribution in [2.24, 2.45) is 0 Å². The number of rotatable bonds is 7. The molecule has 1 aliphatic rings. The molecule has 0 unspecified atom stereocenters. The molecule has 168 valence electrons. The first-order chi connectivity index (χ1) is 15.0. The van der Waals surface area contributed by atoms with Gasteiger partial charge in [0.25, 0.3) is 0 Å². The van der Waals surface area contributed by atoms with Crippen molar-refractivity contribution < 1.29 is 9.18 Å². The predicted octanol–water partition coefficient (Wildman–Crippen LogP) is 4.13. The van der Waals surface area contributed by atoms with Crippen LogP contribution in [0.1, 0.15) is 62.7 Å². The zero-order valence-electron chi connectivity index (χ0n) is 19.1. The van der Waals surface area contributed by atoms with E-state index in [4.69, 9.17) is 9.97 Å². The topological polar surface area (TPSA) is 61.4 Å². The highest BCUT2D eigenvalue weighted by Crippen LogP contribution is 2.29. The lowest BCUT2D eigenvalue weighted by molar-refractivity contribution is 0.195. The molecule has 0 saturated carbocycles. The van der Waals surface area contributed by atoms with Crippen LogP contribution in [0.2, 0.25) is 0 Å². The van der Waals surface area contributed by atoms with E-state index in [1.165, 1.54) is 6.07 Å². The van der Waals surface area contributed by atoms with Crippen molar-refractivity contribution in [1.82, 2.24) is 20.2 Å². The van der Waals surface area contributed by atoms with E-state index in [1.54, 1.807) is 6.07 Å². The van der Waals surface area contributed by atoms with Crippen LogP contribution in [0.3, 0.4) is 0 Å². The fraction of sp³-hybridized carbons (Fsp3) is 0.542. The lowest BCUT2D eigenvalue weighted by Gasteiger charge is -2.36. The molecular formula is C24H34FN5O. The number of aryl methyl sites for hydroxylation is 1. The van der Waals surface area contributed by atoms with Crippen molar-refractivity contribution >= 4 is 11.8 Å². The fourth-order valence-corrected chi connectivity index (χ4v) is 3.89. The Morgan fingerprint density at radius 1 is 1.13 bits per heavy atom. The molecule has 2 aromatic rings. The second kappa shape index (κ2) is 10.6. The van der Waals surface area contributed by atoms with Crippen LogP contribution in [0.15, 0.2) is 24.3 Å². The number of piperazine rings is 1. The minimum Gasteiger partial charge on any atom is -0.353 e. The molecule has 7 heteroatoms. The molecular weight excluding hydrogens is 393 g/mol. The number of carbonyl (C=O) groups is 1. The van der Waals surface area contributed by atoms with Gasteiger partial charge in [-0.05, 0) is 31.4 Å². The first-order valence-electron chi connectivity index (χ1n) is 11.4. The van der Waals surface area contributed by atoms with Crippen molar-refractivity contribution in [3.63, 3.8) is 0 Å². The highest BCUT2D eigenvalue weighted by atomic mass is 19.1. The molecule has 2 heterocycles. The third-order valence-corrected chi connectivity index (χ3v) is 6.00. The summed E-state index contributed by atoms with van der Waals surface area (Å²) in [5.74, 6) is 1.78. The zero-order valence-corrected chi connectivity index (χ0v) is 19.1. The van der Waals surface area contributed by atoms with Gasteiger partial charge in [0.15, 0.2) is 0 Å². The van der Waals surface area contributed by atoms with E-state index in [0.717, 1.165) is 35.7 Å². The third-order valence-electron chi connectivity index (χ3n) is 6.00. The normalized spacial score (nSPS) is 15.1. The molecule has 1 N–H and O–H groups in total. The molecule has 31 heavy (non-hydrogen) atoms. The summed E-state index contributed by atoms with van der Waals surface area (Å²) in [5.41, 5.74) is 2.63. The van der Waals surface area contributed by atoms with Crippen LogP contribution < -0.4 is 10.2 Å². The Hall–Kier alpha value is -2.70. The van der Waals surface area contributed by atoms with Crippen LogP contribution in [0.25, 0.3) is 0 Å². The smallest absolute Gasteiger partial charge is 0.317 e. The Morgan fingerprint density at radius 2 is 1.84 bits per heavy atom. The molecule has 1 aromatic heterocycles. The van der Waals surface area contributed by atoms with Gasteiger partial charge in [0.2, 0.25) is 0 Å². The number of anilines is 1. The lowest BCUT2D eigenvalue weighted by Crippen LogP contribution is -2.52. The van der Waals surface area contributed by atoms with E-state index in [2.05, 4.69) is 31.0 Å². The molecule has 3 rings (SSSR count). The molecule has 1 saturated heterocycles. The fourth-order valence-electron chi connectivity index (χ4n) is 3.89. The van der Waals surface area contributed by atoms with Crippen molar-refractivity contribution in [2.45, 2.75) is 52.9 Å². The van der Waals surface area contributed by atoms with Crippen LogP contribution in [0.4, 0.5) is 15.0 Å². The quantitative estimate of drug-likeness (QED) is 0.722. The van der Waals surface area contributed by atoms with Crippen LogP contribution in [-0.2, 0) is 12.8 Å². The van der Waals surface area contributed by atoms with E-state index in [9.17, 15) is 9.18 Å². The number of benzene rings is 1. The molecule has 6 nitrogen and oxygen atoms in total. The summed E-state index contributed by atoms with van der Waals surface area (Å²) in [6.45, 7) is 11.6. The Morgan fingerprint density at radius 3 is 2.45 bits per heavy atom. The molecule has 1 aromatic carbocycles. The molecule has 0 bridgehead atoms. The average Bonchev–Trinajstić information content (AvgIpc) is 2.80. The lowest BCUT2D eigenvalue weighted by atomic mass is 10.00. The van der Waals surface area contributed by atoms with E-state index < -0.39 is 0 Å². The number of nitrogens with one attached hydrogen (secondary N) is 1. The van der Waals surface area contributed by atoms with Crippen molar-refractivity contribution in [3.05, 3.63) is 52.7 Å². The Bertz CT molecular complexity index is 896. The summed E-state index contributed by atoms with van der Waals surface area (Å²) in [4.78, 5) is 26.1. The standard InChI is InChI=1S/C24H34FN5O/c1-5-17(4)22-27-21(6-2)19(16-18-10-8-9-11-20(18)25)23(28-22)29-12-14-30(15-13-29)24(31)26-7-3/h8-11,17H,5-7,12-16H2,1-4H3,(H,26,31)/t17-/m1/s1. The largest absolute Gasteiger partial charge is 0.353 e. The molecule has 0 spiro atoms. The van der Waals surface area contributed by atoms with E-state index in [-0.39, 0.29) is 17.8 Å². The number of hydrogen-bond acceptors (Lipinski definition) is 4. The average molecular weight is 428 g/mol. The Kier molecular flexibility index (Phi) is 7.82. The van der Waals surface area contributed by atoms with E-state index in [0.29, 0.717) is 44.7 Å². The van der Waals surface area contributed by atoms with Crippen LogP contribution in [0, 0.1) is 5.82 Å². The highest BCUT2D eigenvalue weighted by Gasteiger charge is 2.26. The van der Waals surface area contributed by atoms with Gasteiger partial charge in [-0.3, -0.25) is 0 Å². The maximum absolute atomic E-state index is 14.5. The molecule has 1 atom stereocenters. The molecule has 0 aliphatic carbocycles. The van der Waals surface area contributed by atoms with Gasteiger partial charge < -0.3 is 15.1 Å². The number of halogens is 1. The van der Waals surface area contributed by atoms with Crippen LogP contribution >= 0.6 is 0 Å². The summed E-state index contributed by atoms with van der Waals surface area (Å²) in [5, 5.41) is 2.87. The van der Waals surface area contributed by atoms with Gasteiger partial charge in [-0.2, -0.15) is 0 Å². The van der Waals surface area contributed by atoms with Gasteiger partial charge in [0.1, 0.15) is 17.5 Å². The molecule has 1 aliphatic heterocycles. The van der Waals surface area contributed by atoms with Crippen molar-refractivity contribution in [1.29, 1.82) is 0 Å². The van der Waals surface area contributed by atoms with Gasteiger partial charge in [-0.15, -0.1) is 0 Å². The maximum atomic E-state index is 14.5. The van der Waals surface area contributed by atoms with Crippen molar-refractivity contribution in [3.8, 4) is 0 Å². The van der Waals surface area contributed by atoms with Gasteiger partial charge >= 0.3 is 6.03 Å². The number of carbonyl (C=O) groups excluding carboxylic acids is 1. The summed E-state index contributed by atoms with van der Waals surface area (Å²) in [7, 11) is 0. The zero-order chi connectivity index (χ0) is 22.4. The Balaban J connectivity index is 1.96. The van der Waals surface area contributed by atoms with Crippen LogP contribution in [0.5, 0.6) is 0 Å². The number of nitrogens with zero attached hydrogens (tertiary/aromatic N) is 4. The SMILES string of the molecule is CCNC(=O)N1CCN(c2nc([C@H](C)CC)nc(CC)c2Cc2ccccc2F)CC1. The minimum absolute atomic E-state index is 0.0223. The summed E-state index contributed by atoms with van der Waals surface area (Å²) < 4.78 is 14.5. The third kappa shape index (κ3) is 5.32. The summed E-state index contributed by atoms with van der Waals surface area (Å²) in [6, 6.07) is 6.88. The summed E-state index contributed by atoms with van der Waals surface area (Å²) in [6.07, 6.45) is 2.18. The molecule has 0 radical (unpaired) electrons. The van der Waals surface area contributed by atoms with Gasteiger partial charge in [-0.25, -0.2) is 19.2 Å². The van der Waals surface area contributed by atoms with Gasteiger partial charge in [0, 0.05) is 56.3 Å². The van der Waals surface area contributed by atoms with E-state index in [1.807, 2.05) is 24.0 Å². The minimum atomic E-state index is -0.206. The number of urea groups is 1. The first-order valence-corrected chi connectivity index (χ1v) is 11.4. The second-order valence-electron chi connectivity index (χ2n) is 8.07. The highest BCUT2D eigenvalue weighted by molar-refractivity contribution is 5.74. The second-order valence-corrected chi connectivity index (χ2v) is 8.07. The number of aromatic nitrogens is 2. The first kappa shape index (κ1) is 23.0. The molecule has 2 amide bonds. The summed E-state index contributed by atoms with van der Waals surface area (Å²) >= 11 is 0. The number of hydrogen-bond donors (Lipinski definition) is 1. The predicted molar refractivity (Wildman–Crippen MR) is 122 cm³/mol. The Labute approximate surface area is 184 Å². The number of amides is 2. The van der Waals surface area contributed by atoms with Gasteiger partial charge in [-0.1, -0.05) is 39.0 Å². The molecule has 1 fully saturated rings. The monoisotopic (exact) mass is 427 g/mol. The maximum Gasteiger partial charge on any atom is 0.317 e.